The van der Waals surface area contributed by atoms with Gasteiger partial charge in [0.2, 0.25) is 5.91 Å². The Balaban J connectivity index is 2.31. The minimum Gasteiger partial charge on any atom is -0.390 e. The summed E-state index contributed by atoms with van der Waals surface area (Å²) in [7, 11) is 0. The third-order valence-corrected chi connectivity index (χ3v) is 2.45. The van der Waals surface area contributed by atoms with Crippen molar-refractivity contribution in [2.45, 2.75) is 12.3 Å². The Hall–Kier alpha value is -1.01. The summed E-state index contributed by atoms with van der Waals surface area (Å²) in [6.07, 6.45) is 0.0883. The quantitative estimate of drug-likeness (QED) is 0.801. The number of hydrogen-bond acceptors (Lipinski definition) is 3. The van der Waals surface area contributed by atoms with Crippen LogP contribution in [0.1, 0.15) is 5.56 Å². The van der Waals surface area contributed by atoms with Crippen molar-refractivity contribution in [3.05, 3.63) is 22.4 Å². The lowest BCUT2D eigenvalue weighted by atomic mass is 10.2. The van der Waals surface area contributed by atoms with Crippen molar-refractivity contribution in [2.75, 3.05) is 13.2 Å². The van der Waals surface area contributed by atoms with E-state index in [2.05, 4.69) is 5.32 Å². The zero-order valence-corrected chi connectivity index (χ0v) is 8.69. The first-order chi connectivity index (χ1) is 7.03. The van der Waals surface area contributed by atoms with Gasteiger partial charge in [-0.2, -0.15) is 11.3 Å². The van der Waals surface area contributed by atoms with Crippen molar-refractivity contribution in [1.29, 1.82) is 0 Å². The molecule has 1 aromatic heterocycles. The molecule has 1 rings (SSSR count). The summed E-state index contributed by atoms with van der Waals surface area (Å²) in [5, 5.41) is 13.9. The fourth-order valence-corrected chi connectivity index (χ4v) is 1.59. The molecule has 15 heavy (non-hydrogen) atoms. The van der Waals surface area contributed by atoms with Crippen molar-refractivity contribution in [3.63, 3.8) is 0 Å². The Morgan fingerprint density at radius 3 is 2.87 bits per heavy atom. The van der Waals surface area contributed by atoms with Gasteiger partial charge in [-0.25, -0.2) is 8.78 Å². The van der Waals surface area contributed by atoms with Gasteiger partial charge in [-0.15, -0.1) is 0 Å². The largest absolute Gasteiger partial charge is 0.390 e. The molecule has 0 aromatic carbocycles. The predicted molar refractivity (Wildman–Crippen MR) is 53.1 cm³/mol. The van der Waals surface area contributed by atoms with Crippen LogP contribution in [0.15, 0.2) is 16.8 Å². The molecular weight excluding hydrogens is 224 g/mol. The monoisotopic (exact) mass is 235 g/mol. The molecule has 0 radical (unpaired) electrons. The van der Waals surface area contributed by atoms with Gasteiger partial charge in [0.05, 0.1) is 13.0 Å². The number of aliphatic hydroxyl groups is 1. The summed E-state index contributed by atoms with van der Waals surface area (Å²) >= 11 is 1.44. The molecule has 1 aromatic rings. The van der Waals surface area contributed by atoms with E-state index in [9.17, 15) is 13.6 Å². The maximum absolute atomic E-state index is 12.5. The highest BCUT2D eigenvalue weighted by molar-refractivity contribution is 7.07. The number of carbonyl (C=O) groups excluding carboxylic acids is 1. The summed E-state index contributed by atoms with van der Waals surface area (Å²) in [6, 6.07) is 1.76. The molecule has 1 heterocycles. The second-order valence-electron chi connectivity index (χ2n) is 3.10. The number of thiophene rings is 1. The molecule has 0 spiro atoms. The van der Waals surface area contributed by atoms with Gasteiger partial charge in [-0.05, 0) is 22.4 Å². The van der Waals surface area contributed by atoms with Crippen molar-refractivity contribution >= 4 is 17.2 Å². The van der Waals surface area contributed by atoms with Gasteiger partial charge in [0, 0.05) is 0 Å². The molecule has 3 nitrogen and oxygen atoms in total. The lowest BCUT2D eigenvalue weighted by Crippen LogP contribution is -2.39. The van der Waals surface area contributed by atoms with E-state index in [-0.39, 0.29) is 6.42 Å². The Kier molecular flexibility index (Phi) is 4.16. The fourth-order valence-electron chi connectivity index (χ4n) is 0.925. The maximum Gasteiger partial charge on any atom is 0.287 e. The lowest BCUT2D eigenvalue weighted by molar-refractivity contribution is -0.123. The molecule has 0 aliphatic heterocycles. The van der Waals surface area contributed by atoms with E-state index < -0.39 is 25.0 Å². The molecule has 0 bridgehead atoms. The second kappa shape index (κ2) is 5.18. The Morgan fingerprint density at radius 2 is 2.33 bits per heavy atom. The molecule has 0 saturated carbocycles. The number of aliphatic hydroxyl groups excluding tert-OH is 1. The number of amides is 1. The Bertz CT molecular complexity index is 314. The van der Waals surface area contributed by atoms with E-state index in [0.717, 1.165) is 5.56 Å². The van der Waals surface area contributed by atoms with Crippen LogP contribution < -0.4 is 5.32 Å². The van der Waals surface area contributed by atoms with Gasteiger partial charge in [-0.3, -0.25) is 4.79 Å². The summed E-state index contributed by atoms with van der Waals surface area (Å²) in [5.74, 6) is -3.72. The topological polar surface area (TPSA) is 49.3 Å². The van der Waals surface area contributed by atoms with E-state index >= 15 is 0 Å². The molecule has 0 fully saturated rings. The van der Waals surface area contributed by atoms with Crippen LogP contribution in [0.5, 0.6) is 0 Å². The Labute approximate surface area is 89.7 Å². The van der Waals surface area contributed by atoms with Gasteiger partial charge in [-0.1, -0.05) is 0 Å². The number of halogens is 2. The first kappa shape index (κ1) is 12.1. The summed E-state index contributed by atoms with van der Waals surface area (Å²) in [4.78, 5) is 11.2. The zero-order chi connectivity index (χ0) is 11.3. The summed E-state index contributed by atoms with van der Waals surface area (Å²) < 4.78 is 25.1. The van der Waals surface area contributed by atoms with E-state index in [1.807, 2.05) is 5.38 Å². The third-order valence-electron chi connectivity index (χ3n) is 1.72. The maximum atomic E-state index is 12.5. The lowest BCUT2D eigenvalue weighted by Gasteiger charge is -2.13. The van der Waals surface area contributed by atoms with Crippen molar-refractivity contribution in [1.82, 2.24) is 5.32 Å². The van der Waals surface area contributed by atoms with Crippen LogP contribution in [-0.2, 0) is 11.2 Å². The molecule has 0 saturated heterocycles. The predicted octanol–water partition coefficient (Wildman–Crippen LogP) is 1.03. The minimum atomic E-state index is -3.25. The van der Waals surface area contributed by atoms with Gasteiger partial charge in [0.15, 0.2) is 0 Å². The molecule has 84 valence electrons. The average molecular weight is 235 g/mol. The zero-order valence-electron chi connectivity index (χ0n) is 7.87. The van der Waals surface area contributed by atoms with Gasteiger partial charge in [0.1, 0.15) is 6.61 Å². The summed E-state index contributed by atoms with van der Waals surface area (Å²) in [5.41, 5.74) is 0.796. The van der Waals surface area contributed by atoms with Crippen LogP contribution >= 0.6 is 11.3 Å². The number of rotatable bonds is 5. The molecular formula is C9H11F2NO2S. The van der Waals surface area contributed by atoms with Crippen LogP contribution in [0.2, 0.25) is 0 Å². The normalized spacial score (nSPS) is 11.4. The van der Waals surface area contributed by atoms with Gasteiger partial charge >= 0.3 is 0 Å². The first-order valence-corrected chi connectivity index (χ1v) is 5.24. The SMILES string of the molecule is O=C(Cc1ccsc1)NCC(F)(F)CO. The standard InChI is InChI=1S/C9H11F2NO2S/c10-9(11,6-13)5-12-8(14)3-7-1-2-15-4-7/h1-2,4,13H,3,5-6H2,(H,12,14). The number of alkyl halides is 2. The van der Waals surface area contributed by atoms with Crippen LogP contribution in [0.4, 0.5) is 8.78 Å². The fraction of sp³-hybridized carbons (Fsp3) is 0.444. The van der Waals surface area contributed by atoms with E-state index in [1.165, 1.54) is 11.3 Å². The van der Waals surface area contributed by atoms with E-state index in [0.29, 0.717) is 0 Å². The molecule has 0 atom stereocenters. The van der Waals surface area contributed by atoms with Gasteiger partial charge in [0.25, 0.3) is 5.92 Å². The number of hydrogen-bond donors (Lipinski definition) is 2. The molecule has 6 heteroatoms. The Morgan fingerprint density at radius 1 is 1.60 bits per heavy atom. The highest BCUT2D eigenvalue weighted by Crippen LogP contribution is 2.10. The number of nitrogens with one attached hydrogen (secondary N) is 1. The van der Waals surface area contributed by atoms with Crippen LogP contribution in [-0.4, -0.2) is 30.1 Å². The highest BCUT2D eigenvalue weighted by Gasteiger charge is 2.27. The van der Waals surface area contributed by atoms with Crippen LogP contribution in [0.3, 0.4) is 0 Å². The van der Waals surface area contributed by atoms with E-state index in [4.69, 9.17) is 5.11 Å². The third kappa shape index (κ3) is 4.35. The summed E-state index contributed by atoms with van der Waals surface area (Å²) in [6.45, 7) is -2.09. The van der Waals surface area contributed by atoms with Crippen molar-refractivity contribution in [2.24, 2.45) is 0 Å². The van der Waals surface area contributed by atoms with Crippen LogP contribution in [0.25, 0.3) is 0 Å². The average Bonchev–Trinajstić information content (AvgIpc) is 2.68. The molecule has 1 amide bonds. The second-order valence-corrected chi connectivity index (χ2v) is 3.88. The molecule has 0 aliphatic rings. The smallest absolute Gasteiger partial charge is 0.287 e. The number of carbonyl (C=O) groups is 1. The first-order valence-electron chi connectivity index (χ1n) is 4.30. The van der Waals surface area contributed by atoms with E-state index in [1.54, 1.807) is 11.4 Å². The molecule has 0 unspecified atom stereocenters. The van der Waals surface area contributed by atoms with Crippen molar-refractivity contribution in [3.8, 4) is 0 Å². The van der Waals surface area contributed by atoms with Gasteiger partial charge < -0.3 is 10.4 Å². The van der Waals surface area contributed by atoms with Crippen LogP contribution in [0, 0.1) is 0 Å². The highest BCUT2D eigenvalue weighted by atomic mass is 32.1. The van der Waals surface area contributed by atoms with Crippen molar-refractivity contribution < 1.29 is 18.7 Å². The molecule has 2 N–H and O–H groups in total. The minimum absolute atomic E-state index is 0.0883. The molecule has 0 aliphatic carbocycles.